The van der Waals surface area contributed by atoms with E-state index in [1.165, 1.54) is 6.20 Å². The van der Waals surface area contributed by atoms with E-state index in [2.05, 4.69) is 38.3 Å². The minimum Gasteiger partial charge on any atom is -0.332 e. The topological polar surface area (TPSA) is 59.0 Å². The van der Waals surface area contributed by atoms with Crippen LogP contribution >= 0.6 is 34.8 Å². The molecule has 0 aliphatic heterocycles. The summed E-state index contributed by atoms with van der Waals surface area (Å²) in [6.45, 7) is 4.67. The molecule has 5 nitrogen and oxygen atoms in total. The number of hydrogen-bond donors (Lipinski definition) is 2. The fourth-order valence-corrected chi connectivity index (χ4v) is 2.60. The Morgan fingerprint density at radius 3 is 2.86 bits per heavy atom. The summed E-state index contributed by atoms with van der Waals surface area (Å²) < 4.78 is 2.84. The molecule has 21 heavy (non-hydrogen) atoms. The Morgan fingerprint density at radius 1 is 1.48 bits per heavy atom. The Labute approximate surface area is 142 Å². The van der Waals surface area contributed by atoms with Gasteiger partial charge in [0.1, 0.15) is 0 Å². The lowest BCUT2D eigenvalue weighted by Gasteiger charge is -2.11. The van der Waals surface area contributed by atoms with Gasteiger partial charge in [-0.3, -0.25) is 14.8 Å². The first-order valence-corrected chi connectivity index (χ1v) is 7.89. The number of thiocarbonyl (C=S) groups is 1. The van der Waals surface area contributed by atoms with Crippen LogP contribution in [0.25, 0.3) is 0 Å². The lowest BCUT2D eigenvalue weighted by Crippen LogP contribution is -2.34. The van der Waals surface area contributed by atoms with Gasteiger partial charge in [-0.05, 0) is 72.4 Å². The molecule has 110 valence electrons. The second-order valence-electron chi connectivity index (χ2n) is 4.45. The molecule has 0 unspecified atom stereocenters. The lowest BCUT2D eigenvalue weighted by molar-refractivity contribution is 0.0977. The van der Waals surface area contributed by atoms with Crippen LogP contribution in [0.2, 0.25) is 0 Å². The quantitative estimate of drug-likeness (QED) is 0.599. The van der Waals surface area contributed by atoms with Crippen molar-refractivity contribution in [1.29, 1.82) is 0 Å². The average Bonchev–Trinajstić information content (AvgIpc) is 2.91. The van der Waals surface area contributed by atoms with Crippen molar-refractivity contribution in [3.05, 3.63) is 45.3 Å². The first-order chi connectivity index (χ1) is 9.99. The molecule has 0 saturated carbocycles. The number of amides is 1. The van der Waals surface area contributed by atoms with Crippen LogP contribution in [-0.2, 0) is 6.54 Å². The van der Waals surface area contributed by atoms with Crippen LogP contribution in [0.1, 0.15) is 22.8 Å². The molecule has 0 fully saturated rings. The number of nitrogens with one attached hydrogen (secondary N) is 2. The number of rotatable bonds is 3. The normalized spacial score (nSPS) is 10.2. The molecule has 0 bridgehead atoms. The maximum atomic E-state index is 12.0. The standard InChI is InChI=1S/C14H15IN4OS/c1-3-19-8-10(7-16-19)13(20)18-14(21)17-12-5-4-11(15)6-9(12)2/h4-8H,3H2,1-2H3,(H2,17,18,20,21). The SMILES string of the molecule is CCn1cc(C(=O)NC(=S)Nc2ccc(I)cc2C)cn1. The Bertz CT molecular complexity index is 683. The number of nitrogens with zero attached hydrogens (tertiary/aromatic N) is 2. The Morgan fingerprint density at radius 2 is 2.24 bits per heavy atom. The van der Waals surface area contributed by atoms with Crippen LogP contribution in [0.5, 0.6) is 0 Å². The van der Waals surface area contributed by atoms with Gasteiger partial charge in [0.25, 0.3) is 5.91 Å². The minimum atomic E-state index is -0.268. The van der Waals surface area contributed by atoms with E-state index in [0.717, 1.165) is 21.4 Å². The highest BCUT2D eigenvalue weighted by Crippen LogP contribution is 2.17. The predicted molar refractivity (Wildman–Crippen MR) is 95.5 cm³/mol. The van der Waals surface area contributed by atoms with E-state index in [1.807, 2.05) is 32.0 Å². The molecule has 0 spiro atoms. The Hall–Kier alpha value is -1.48. The van der Waals surface area contributed by atoms with Gasteiger partial charge in [0.15, 0.2) is 5.11 Å². The summed E-state index contributed by atoms with van der Waals surface area (Å²) in [5.74, 6) is -0.268. The van der Waals surface area contributed by atoms with E-state index in [1.54, 1.807) is 10.9 Å². The summed E-state index contributed by atoms with van der Waals surface area (Å²) in [5.41, 5.74) is 2.43. The maximum Gasteiger partial charge on any atom is 0.260 e. The van der Waals surface area contributed by atoms with Gasteiger partial charge in [-0.1, -0.05) is 0 Å². The molecule has 2 N–H and O–H groups in total. The van der Waals surface area contributed by atoms with Crippen molar-refractivity contribution in [2.45, 2.75) is 20.4 Å². The van der Waals surface area contributed by atoms with Crippen molar-refractivity contribution in [3.63, 3.8) is 0 Å². The zero-order valence-electron chi connectivity index (χ0n) is 11.7. The fourth-order valence-electron chi connectivity index (χ4n) is 1.75. The monoisotopic (exact) mass is 414 g/mol. The van der Waals surface area contributed by atoms with Gasteiger partial charge in [0.2, 0.25) is 0 Å². The van der Waals surface area contributed by atoms with E-state index >= 15 is 0 Å². The molecule has 1 heterocycles. The summed E-state index contributed by atoms with van der Waals surface area (Å²) in [4.78, 5) is 12.0. The first kappa shape index (κ1) is 15.9. The van der Waals surface area contributed by atoms with Crippen LogP contribution < -0.4 is 10.6 Å². The molecule has 2 aromatic rings. The van der Waals surface area contributed by atoms with Gasteiger partial charge in [-0.2, -0.15) is 5.10 Å². The molecule has 0 aliphatic rings. The van der Waals surface area contributed by atoms with E-state index in [-0.39, 0.29) is 11.0 Å². The van der Waals surface area contributed by atoms with Crippen LogP contribution in [-0.4, -0.2) is 20.8 Å². The molecule has 1 aromatic carbocycles. The highest BCUT2D eigenvalue weighted by Gasteiger charge is 2.10. The van der Waals surface area contributed by atoms with E-state index in [0.29, 0.717) is 5.56 Å². The first-order valence-electron chi connectivity index (χ1n) is 6.40. The number of carbonyl (C=O) groups excluding carboxylic acids is 1. The van der Waals surface area contributed by atoms with Crippen LogP contribution in [0, 0.1) is 10.5 Å². The number of carbonyl (C=O) groups is 1. The average molecular weight is 414 g/mol. The molecular formula is C14H15IN4OS. The van der Waals surface area contributed by atoms with Gasteiger partial charge in [0, 0.05) is 22.0 Å². The summed E-state index contributed by atoms with van der Waals surface area (Å²) in [7, 11) is 0. The molecule has 1 amide bonds. The molecular weight excluding hydrogens is 399 g/mol. The highest BCUT2D eigenvalue weighted by atomic mass is 127. The molecule has 7 heteroatoms. The van der Waals surface area contributed by atoms with E-state index < -0.39 is 0 Å². The van der Waals surface area contributed by atoms with Gasteiger partial charge < -0.3 is 5.32 Å². The van der Waals surface area contributed by atoms with Crippen molar-refractivity contribution in [2.75, 3.05) is 5.32 Å². The molecule has 0 aliphatic carbocycles. The number of aryl methyl sites for hydroxylation is 2. The largest absolute Gasteiger partial charge is 0.332 e. The second-order valence-corrected chi connectivity index (χ2v) is 6.11. The molecule has 0 radical (unpaired) electrons. The number of hydrogen-bond acceptors (Lipinski definition) is 3. The van der Waals surface area contributed by atoms with Crippen LogP contribution in [0.4, 0.5) is 5.69 Å². The summed E-state index contributed by atoms with van der Waals surface area (Å²) >= 11 is 7.42. The summed E-state index contributed by atoms with van der Waals surface area (Å²) in [6.07, 6.45) is 3.21. The van der Waals surface area contributed by atoms with Crippen molar-refractivity contribution >= 4 is 51.5 Å². The molecule has 0 saturated heterocycles. The predicted octanol–water partition coefficient (Wildman–Crippen LogP) is 2.94. The van der Waals surface area contributed by atoms with Crippen molar-refractivity contribution < 1.29 is 4.79 Å². The van der Waals surface area contributed by atoms with Gasteiger partial charge >= 0.3 is 0 Å². The highest BCUT2D eigenvalue weighted by molar-refractivity contribution is 14.1. The third-order valence-corrected chi connectivity index (χ3v) is 3.76. The number of anilines is 1. The van der Waals surface area contributed by atoms with Crippen LogP contribution in [0.3, 0.4) is 0 Å². The van der Waals surface area contributed by atoms with E-state index in [4.69, 9.17) is 12.2 Å². The minimum absolute atomic E-state index is 0.268. The smallest absolute Gasteiger partial charge is 0.260 e. The Kier molecular flexibility index (Phi) is 5.29. The maximum absolute atomic E-state index is 12.0. The number of halogens is 1. The summed E-state index contributed by atoms with van der Waals surface area (Å²) in [5, 5.41) is 10.0. The number of aromatic nitrogens is 2. The Balaban J connectivity index is 1.99. The zero-order valence-corrected chi connectivity index (χ0v) is 14.7. The number of benzene rings is 1. The fraction of sp³-hybridized carbons (Fsp3) is 0.214. The van der Waals surface area contributed by atoms with Crippen LogP contribution in [0.15, 0.2) is 30.6 Å². The van der Waals surface area contributed by atoms with Gasteiger partial charge in [-0.25, -0.2) is 0 Å². The van der Waals surface area contributed by atoms with Crippen molar-refractivity contribution in [1.82, 2.24) is 15.1 Å². The van der Waals surface area contributed by atoms with Gasteiger partial charge in [0.05, 0.1) is 11.8 Å². The molecule has 1 aromatic heterocycles. The summed E-state index contributed by atoms with van der Waals surface area (Å²) in [6, 6.07) is 5.95. The van der Waals surface area contributed by atoms with Crippen molar-refractivity contribution in [2.24, 2.45) is 0 Å². The molecule has 2 rings (SSSR count). The lowest BCUT2D eigenvalue weighted by atomic mass is 10.2. The zero-order chi connectivity index (χ0) is 15.4. The van der Waals surface area contributed by atoms with E-state index in [9.17, 15) is 4.79 Å². The second kappa shape index (κ2) is 6.99. The van der Waals surface area contributed by atoms with Crippen molar-refractivity contribution in [3.8, 4) is 0 Å². The third kappa shape index (κ3) is 4.24. The third-order valence-electron chi connectivity index (χ3n) is 2.88. The molecule has 0 atom stereocenters. The van der Waals surface area contributed by atoms with Gasteiger partial charge in [-0.15, -0.1) is 0 Å².